The maximum atomic E-state index is 13.4. The van der Waals surface area contributed by atoms with Crippen molar-refractivity contribution >= 4 is 22.9 Å². The van der Waals surface area contributed by atoms with Crippen molar-refractivity contribution in [3.05, 3.63) is 65.9 Å². The van der Waals surface area contributed by atoms with E-state index in [1.54, 1.807) is 18.4 Å². The number of urea groups is 1. The first kappa shape index (κ1) is 23.8. The van der Waals surface area contributed by atoms with Crippen molar-refractivity contribution in [3.8, 4) is 5.75 Å². The number of β-lactam (4-membered cyclic amide) rings is 1. The number of rotatable bonds is 9. The number of hydrogen-bond acceptors (Lipinski definition) is 5. The third-order valence-corrected chi connectivity index (χ3v) is 6.97. The molecule has 1 aromatic heterocycles. The minimum atomic E-state index is -0.782. The summed E-state index contributed by atoms with van der Waals surface area (Å²) in [6.45, 7) is 5.74. The van der Waals surface area contributed by atoms with Gasteiger partial charge in [-0.1, -0.05) is 51.5 Å². The van der Waals surface area contributed by atoms with Gasteiger partial charge in [0, 0.05) is 10.9 Å². The molecule has 2 N–H and O–H groups in total. The Morgan fingerprint density at radius 2 is 1.94 bits per heavy atom. The second-order valence-corrected chi connectivity index (χ2v) is 8.78. The van der Waals surface area contributed by atoms with Gasteiger partial charge in [0.25, 0.3) is 0 Å². The number of carbonyl (C=O) groups is 2. The van der Waals surface area contributed by atoms with E-state index in [0.717, 1.165) is 29.4 Å². The molecule has 7 nitrogen and oxygen atoms in total. The van der Waals surface area contributed by atoms with Gasteiger partial charge in [0.2, 0.25) is 5.91 Å². The Labute approximate surface area is 199 Å². The number of para-hydroxylation sites is 1. The number of hydrogen-bond donors (Lipinski definition) is 2. The van der Waals surface area contributed by atoms with Crippen LogP contribution < -0.4 is 10.1 Å². The van der Waals surface area contributed by atoms with E-state index in [0.29, 0.717) is 24.2 Å². The highest BCUT2D eigenvalue weighted by Crippen LogP contribution is 2.46. The molecule has 0 aliphatic carbocycles. The first-order chi connectivity index (χ1) is 16.5. The molecule has 2 aromatic carbocycles. The number of benzene rings is 2. The summed E-state index contributed by atoms with van der Waals surface area (Å²) in [5, 5.41) is 13.7. The topological polar surface area (TPSA) is 92.0 Å². The lowest BCUT2D eigenvalue weighted by Crippen LogP contribution is -2.73. The van der Waals surface area contributed by atoms with E-state index in [2.05, 4.69) is 12.2 Å². The zero-order valence-corrected chi connectivity index (χ0v) is 19.9. The Morgan fingerprint density at radius 1 is 1.18 bits per heavy atom. The minimum Gasteiger partial charge on any atom is -0.468 e. The lowest BCUT2D eigenvalue weighted by Gasteiger charge is -2.53. The van der Waals surface area contributed by atoms with Crippen molar-refractivity contribution < 1.29 is 23.8 Å². The Bertz CT molecular complexity index is 1170. The Kier molecular flexibility index (Phi) is 6.93. The molecule has 1 aliphatic heterocycles. The second-order valence-electron chi connectivity index (χ2n) is 8.78. The normalized spacial score (nSPS) is 17.9. The van der Waals surface area contributed by atoms with Crippen molar-refractivity contribution in [2.45, 2.75) is 65.3 Å². The molecule has 0 bridgehead atoms. The van der Waals surface area contributed by atoms with Gasteiger partial charge >= 0.3 is 6.03 Å². The number of imide groups is 1. The van der Waals surface area contributed by atoms with Crippen LogP contribution in [0.5, 0.6) is 5.75 Å². The van der Waals surface area contributed by atoms with Gasteiger partial charge in [0.05, 0.1) is 18.9 Å². The highest BCUT2D eigenvalue weighted by molar-refractivity contribution is 6.03. The molecular formula is C27H32N2O5. The molecule has 1 saturated heterocycles. The number of amides is 3. The van der Waals surface area contributed by atoms with E-state index >= 15 is 0 Å². The van der Waals surface area contributed by atoms with Gasteiger partial charge in [0.1, 0.15) is 16.7 Å². The van der Waals surface area contributed by atoms with Crippen LogP contribution in [0, 0.1) is 5.41 Å². The van der Waals surface area contributed by atoms with Gasteiger partial charge in [-0.05, 0) is 49.1 Å². The highest BCUT2D eigenvalue weighted by Gasteiger charge is 2.63. The van der Waals surface area contributed by atoms with E-state index in [1.807, 2.05) is 50.2 Å². The summed E-state index contributed by atoms with van der Waals surface area (Å²) in [6.07, 6.45) is 3.58. The molecule has 1 fully saturated rings. The van der Waals surface area contributed by atoms with E-state index in [9.17, 15) is 14.7 Å². The molecule has 180 valence electrons. The van der Waals surface area contributed by atoms with Crippen LogP contribution >= 0.6 is 0 Å². The van der Waals surface area contributed by atoms with Crippen molar-refractivity contribution in [1.82, 2.24) is 10.2 Å². The molecule has 4 rings (SSSR count). The number of ether oxygens (including phenoxy) is 1. The lowest BCUT2D eigenvalue weighted by molar-refractivity contribution is -0.191. The van der Waals surface area contributed by atoms with Crippen molar-refractivity contribution in [2.24, 2.45) is 5.41 Å². The van der Waals surface area contributed by atoms with Gasteiger partial charge in [-0.15, -0.1) is 0 Å². The molecule has 1 aliphatic rings. The molecule has 0 radical (unpaired) electrons. The third-order valence-electron chi connectivity index (χ3n) is 6.97. The van der Waals surface area contributed by atoms with Crippen LogP contribution in [0.4, 0.5) is 4.79 Å². The quantitative estimate of drug-likeness (QED) is 0.406. The fraction of sp³-hybridized carbons (Fsp3) is 0.407. The predicted octanol–water partition coefficient (Wildman–Crippen LogP) is 5.53. The van der Waals surface area contributed by atoms with Crippen molar-refractivity contribution in [1.29, 1.82) is 0 Å². The van der Waals surface area contributed by atoms with Crippen LogP contribution in [-0.4, -0.2) is 28.2 Å². The van der Waals surface area contributed by atoms with Crippen LogP contribution in [0.25, 0.3) is 11.0 Å². The van der Waals surface area contributed by atoms with Crippen molar-refractivity contribution in [2.75, 3.05) is 0 Å². The van der Waals surface area contributed by atoms with E-state index in [1.165, 1.54) is 4.90 Å². The van der Waals surface area contributed by atoms with Crippen LogP contribution in [0.15, 0.2) is 59.2 Å². The number of furan rings is 1. The van der Waals surface area contributed by atoms with Crippen LogP contribution in [-0.2, 0) is 11.4 Å². The summed E-state index contributed by atoms with van der Waals surface area (Å²) in [4.78, 5) is 27.9. The van der Waals surface area contributed by atoms with Crippen LogP contribution in [0.3, 0.4) is 0 Å². The number of nitrogens with zero attached hydrogens (tertiary/aromatic N) is 1. The van der Waals surface area contributed by atoms with E-state index in [4.69, 9.17) is 9.15 Å². The zero-order valence-electron chi connectivity index (χ0n) is 19.9. The average Bonchev–Trinajstić information content (AvgIpc) is 3.33. The Balaban J connectivity index is 1.60. The molecule has 3 aromatic rings. The molecule has 2 heterocycles. The molecular weight excluding hydrogens is 432 g/mol. The first-order valence-electron chi connectivity index (χ1n) is 12.0. The summed E-state index contributed by atoms with van der Waals surface area (Å²) < 4.78 is 11.7. The maximum absolute atomic E-state index is 13.4. The third kappa shape index (κ3) is 4.05. The molecule has 1 unspecified atom stereocenters. The number of aliphatic hydroxyl groups is 1. The van der Waals surface area contributed by atoms with Crippen LogP contribution in [0.2, 0.25) is 0 Å². The van der Waals surface area contributed by atoms with Gasteiger partial charge in [-0.3, -0.25) is 4.79 Å². The zero-order chi connectivity index (χ0) is 24.3. The van der Waals surface area contributed by atoms with Gasteiger partial charge in [0.15, 0.2) is 6.23 Å². The standard InChI is InChI=1S/C27H32N2O5/c1-4-9-21(18-12-13-22-19(16-18)14-15-33-22)28-26(32)29-24(31)27(5-2,6-3)25(29)34-23-11-8-7-10-20(23)17-30/h7-8,10-16,21,25,30H,4-6,9,17H2,1-3H3,(H,28,32)/t21?,25-/m0/s1. The summed E-state index contributed by atoms with van der Waals surface area (Å²) in [7, 11) is 0. The molecule has 2 atom stereocenters. The SMILES string of the molecule is CCCC(NC(=O)N1C(=O)C(CC)(CC)[C@@H]1Oc1ccccc1CO)c1ccc2occc2c1. The second kappa shape index (κ2) is 9.89. The van der Waals surface area contributed by atoms with Crippen LogP contribution in [0.1, 0.15) is 63.6 Å². The maximum Gasteiger partial charge on any atom is 0.327 e. The molecule has 0 saturated carbocycles. The van der Waals surface area contributed by atoms with E-state index in [-0.39, 0.29) is 18.6 Å². The average molecular weight is 465 g/mol. The summed E-state index contributed by atoms with van der Waals surface area (Å²) >= 11 is 0. The molecule has 3 amide bonds. The molecule has 0 spiro atoms. The van der Waals surface area contributed by atoms with E-state index < -0.39 is 17.7 Å². The van der Waals surface area contributed by atoms with Gasteiger partial charge < -0.3 is 19.6 Å². The first-order valence-corrected chi connectivity index (χ1v) is 12.0. The monoisotopic (exact) mass is 464 g/mol. The number of aliphatic hydroxyl groups excluding tert-OH is 1. The number of likely N-dealkylation sites (tertiary alicyclic amines) is 1. The Morgan fingerprint density at radius 3 is 2.65 bits per heavy atom. The van der Waals surface area contributed by atoms with Gasteiger partial charge in [-0.2, -0.15) is 0 Å². The lowest BCUT2D eigenvalue weighted by atomic mass is 9.72. The number of nitrogens with one attached hydrogen (secondary N) is 1. The number of carbonyl (C=O) groups excluding carboxylic acids is 2. The fourth-order valence-electron chi connectivity index (χ4n) is 4.80. The Hall–Kier alpha value is -3.32. The fourth-order valence-corrected chi connectivity index (χ4v) is 4.80. The molecule has 34 heavy (non-hydrogen) atoms. The predicted molar refractivity (Wildman–Crippen MR) is 129 cm³/mol. The minimum absolute atomic E-state index is 0.191. The smallest absolute Gasteiger partial charge is 0.327 e. The largest absolute Gasteiger partial charge is 0.468 e. The summed E-state index contributed by atoms with van der Waals surface area (Å²) in [5.41, 5.74) is 1.57. The summed E-state index contributed by atoms with van der Waals surface area (Å²) in [6, 6.07) is 14.1. The van der Waals surface area contributed by atoms with Gasteiger partial charge in [-0.25, -0.2) is 9.69 Å². The van der Waals surface area contributed by atoms with Crippen molar-refractivity contribution in [3.63, 3.8) is 0 Å². The summed E-state index contributed by atoms with van der Waals surface area (Å²) in [5.74, 6) is 0.240. The number of fused-ring (bicyclic) bond motifs is 1. The molecule has 7 heteroatoms. The highest BCUT2D eigenvalue weighted by atomic mass is 16.5.